The number of carbonyl (C=O) groups excluding carboxylic acids is 1. The number of rotatable bonds is 5. The number of nitrogens with two attached hydrogens (primary N) is 1. The molecule has 0 saturated carbocycles. The number of anilines is 2. The molecule has 1 amide bonds. The summed E-state index contributed by atoms with van der Waals surface area (Å²) in [4.78, 5) is 36.2. The average Bonchev–Trinajstić information content (AvgIpc) is 3.35. The fourth-order valence-electron chi connectivity index (χ4n) is 4.09. The van der Waals surface area contributed by atoms with E-state index >= 15 is 0 Å². The van der Waals surface area contributed by atoms with Gasteiger partial charge in [-0.15, -0.1) is 0 Å². The third-order valence-electron chi connectivity index (χ3n) is 6.14. The third-order valence-corrected chi connectivity index (χ3v) is 6.73. The molecule has 210 valence electrons. The van der Waals surface area contributed by atoms with E-state index in [0.29, 0.717) is 38.0 Å². The second kappa shape index (κ2) is 11.7. The van der Waals surface area contributed by atoms with Gasteiger partial charge in [-0.25, -0.2) is 9.36 Å². The number of hydrogen-bond acceptors (Lipinski definition) is 8. The quantitative estimate of drug-likeness (QED) is 0.258. The number of nitriles is 1. The molecule has 0 aliphatic heterocycles. The number of carbonyl (C=O) groups is 1. The lowest BCUT2D eigenvalue weighted by Gasteiger charge is -2.14. The fraction of sp³-hybridized carbons (Fsp3) is 0.250. The largest absolute Gasteiger partial charge is 0.366 e. The van der Waals surface area contributed by atoms with Crippen molar-refractivity contribution in [3.8, 4) is 6.07 Å². The Kier molecular flexibility index (Phi) is 8.34. The number of amides is 1. The van der Waals surface area contributed by atoms with Crippen molar-refractivity contribution >= 4 is 55.0 Å². The van der Waals surface area contributed by atoms with E-state index < -0.39 is 5.91 Å². The predicted octanol–water partition coefficient (Wildman–Crippen LogP) is 4.46. The van der Waals surface area contributed by atoms with Gasteiger partial charge in [0.25, 0.3) is 11.1 Å². The Labute approximate surface area is 242 Å². The molecule has 2 aromatic carbocycles. The highest BCUT2D eigenvalue weighted by molar-refractivity contribution is 9.10. The highest BCUT2D eigenvalue weighted by Gasteiger charge is 2.15. The van der Waals surface area contributed by atoms with Gasteiger partial charge in [0.1, 0.15) is 4.60 Å². The van der Waals surface area contributed by atoms with Gasteiger partial charge in [0.05, 0.1) is 34.5 Å². The van der Waals surface area contributed by atoms with E-state index in [9.17, 15) is 14.4 Å². The van der Waals surface area contributed by atoms with Gasteiger partial charge in [-0.2, -0.15) is 20.6 Å². The van der Waals surface area contributed by atoms with Crippen LogP contribution in [0.5, 0.6) is 0 Å². The number of nitrogens with one attached hydrogen (secondary N) is 2. The van der Waals surface area contributed by atoms with Gasteiger partial charge in [0.2, 0.25) is 5.91 Å². The Morgan fingerprint density at radius 3 is 2.12 bits per heavy atom. The highest BCUT2D eigenvalue weighted by atomic mass is 79.9. The van der Waals surface area contributed by atoms with Crippen molar-refractivity contribution in [2.24, 2.45) is 5.73 Å². The van der Waals surface area contributed by atoms with Crippen LogP contribution in [0.4, 0.5) is 11.6 Å². The minimum atomic E-state index is -0.582. The minimum absolute atomic E-state index is 0.0195. The molecule has 5 rings (SSSR count). The molecule has 0 saturated heterocycles. The topological polar surface area (TPSA) is 177 Å². The fourth-order valence-corrected chi connectivity index (χ4v) is 4.61. The number of fused-ring (bicyclic) bond motifs is 2. The van der Waals surface area contributed by atoms with E-state index in [-0.39, 0.29) is 28.8 Å². The number of H-pyrrole nitrogens is 1. The van der Waals surface area contributed by atoms with Crippen LogP contribution in [0.25, 0.3) is 21.5 Å². The molecule has 0 fully saturated rings. The van der Waals surface area contributed by atoms with Crippen LogP contribution >= 0.6 is 15.9 Å². The number of nitrogens with zero attached hydrogens (tertiary/aromatic N) is 6. The van der Waals surface area contributed by atoms with Crippen molar-refractivity contribution in [1.82, 2.24) is 29.8 Å². The van der Waals surface area contributed by atoms with Crippen molar-refractivity contribution in [1.29, 1.82) is 5.26 Å². The van der Waals surface area contributed by atoms with Gasteiger partial charge in [0.15, 0.2) is 11.6 Å². The molecule has 0 aliphatic rings. The summed E-state index contributed by atoms with van der Waals surface area (Å²) in [5.41, 5.74) is 6.53. The van der Waals surface area contributed by atoms with Gasteiger partial charge in [-0.05, 0) is 80.9 Å². The second-order valence-corrected chi connectivity index (χ2v) is 10.6. The number of benzene rings is 2. The van der Waals surface area contributed by atoms with Gasteiger partial charge in [-0.3, -0.25) is 19.5 Å². The lowest BCUT2D eigenvalue weighted by molar-refractivity contribution is 0.100. The van der Waals surface area contributed by atoms with Crippen LogP contribution in [0, 0.1) is 18.3 Å². The lowest BCUT2D eigenvalue weighted by atomic mass is 10.1. The highest BCUT2D eigenvalue weighted by Crippen LogP contribution is 2.24. The molecule has 0 atom stereocenters. The first kappa shape index (κ1) is 29.2. The molecular weight excluding hydrogens is 590 g/mol. The van der Waals surface area contributed by atoms with E-state index in [1.54, 1.807) is 30.3 Å². The molecule has 4 N–H and O–H groups in total. The first-order chi connectivity index (χ1) is 19.4. The molecule has 0 radical (unpaired) electrons. The smallest absolute Gasteiger partial charge is 0.275 e. The molecule has 3 heterocycles. The zero-order chi connectivity index (χ0) is 30.0. The first-order valence-electron chi connectivity index (χ1n) is 12.7. The minimum Gasteiger partial charge on any atom is -0.366 e. The van der Waals surface area contributed by atoms with E-state index in [1.165, 1.54) is 15.4 Å². The monoisotopic (exact) mass is 617 g/mol. The van der Waals surface area contributed by atoms with Crippen molar-refractivity contribution in [3.63, 3.8) is 0 Å². The Morgan fingerprint density at radius 1 is 0.951 bits per heavy atom. The zero-order valence-electron chi connectivity index (χ0n) is 23.1. The number of halogens is 1. The number of hydrogen-bond donors (Lipinski definition) is 3. The molecule has 41 heavy (non-hydrogen) atoms. The summed E-state index contributed by atoms with van der Waals surface area (Å²) in [7, 11) is 0. The lowest BCUT2D eigenvalue weighted by Crippen LogP contribution is -2.26. The van der Waals surface area contributed by atoms with Gasteiger partial charge in [-0.1, -0.05) is 6.07 Å². The van der Waals surface area contributed by atoms with E-state index in [1.807, 2.05) is 46.8 Å². The first-order valence-corrected chi connectivity index (χ1v) is 13.5. The summed E-state index contributed by atoms with van der Waals surface area (Å²) in [6, 6.07) is 13.5. The maximum Gasteiger partial charge on any atom is 0.275 e. The summed E-state index contributed by atoms with van der Waals surface area (Å²) < 4.78 is 3.40. The molecule has 12 nitrogen and oxygen atoms in total. The number of primary amides is 1. The van der Waals surface area contributed by atoms with Gasteiger partial charge in [0, 0.05) is 28.1 Å². The standard InChI is InChI=1S/C16H18N6O2.C12H10BrN3O/c1-8(2)22-16(24)12-7-10(14(17)23)4-5-11(12)15(21-22)18-13-6-9(3)19-20-13;1-7(2)16-12(17)10-5-8(6-14)3-4-9(10)11(13)15-16/h4-8H,1-3H3,(H2,17,23)(H2,18,19,20,21);3-5,7H,1-2H3. The van der Waals surface area contributed by atoms with Crippen molar-refractivity contribution < 1.29 is 4.79 Å². The van der Waals surface area contributed by atoms with Crippen molar-refractivity contribution in [3.05, 3.63) is 84.6 Å². The van der Waals surface area contributed by atoms with E-state index in [0.717, 1.165) is 11.1 Å². The predicted molar refractivity (Wildman–Crippen MR) is 160 cm³/mol. The van der Waals surface area contributed by atoms with Gasteiger partial charge < -0.3 is 11.1 Å². The number of aromatic nitrogens is 6. The molecular formula is C28H28BrN9O3. The van der Waals surface area contributed by atoms with Crippen LogP contribution < -0.4 is 22.2 Å². The Balaban J connectivity index is 0.000000201. The zero-order valence-corrected chi connectivity index (χ0v) is 24.6. The van der Waals surface area contributed by atoms with Crippen molar-refractivity contribution in [2.75, 3.05) is 5.32 Å². The van der Waals surface area contributed by atoms with E-state index in [4.69, 9.17) is 11.0 Å². The van der Waals surface area contributed by atoms with Crippen LogP contribution in [-0.4, -0.2) is 35.7 Å². The Bertz CT molecular complexity index is 1950. The van der Waals surface area contributed by atoms with Gasteiger partial charge >= 0.3 is 0 Å². The Hall–Kier alpha value is -4.83. The third kappa shape index (κ3) is 6.02. The number of aromatic amines is 1. The second-order valence-electron chi connectivity index (χ2n) is 9.88. The SMILES string of the molecule is CC(C)n1nc(Br)c2ccc(C#N)cc2c1=O.Cc1cc(Nc2nn(C(C)C)c(=O)c3cc(C(N)=O)ccc23)n[nH]1. The van der Waals surface area contributed by atoms with Crippen LogP contribution in [0.3, 0.4) is 0 Å². The normalized spacial score (nSPS) is 11.0. The van der Waals surface area contributed by atoms with Crippen LogP contribution in [-0.2, 0) is 0 Å². The Morgan fingerprint density at radius 2 is 1.56 bits per heavy atom. The number of aryl methyl sites for hydroxylation is 1. The summed E-state index contributed by atoms with van der Waals surface area (Å²) in [6.07, 6.45) is 0. The molecule has 0 bridgehead atoms. The molecule has 0 unspecified atom stereocenters. The van der Waals surface area contributed by atoms with E-state index in [2.05, 4.69) is 41.6 Å². The summed E-state index contributed by atoms with van der Waals surface area (Å²) in [5.74, 6) is 0.497. The summed E-state index contributed by atoms with van der Waals surface area (Å²) in [5, 5.41) is 29.7. The molecule has 5 aromatic rings. The molecule has 0 spiro atoms. The molecule has 13 heteroatoms. The van der Waals surface area contributed by atoms with Crippen molar-refractivity contribution in [2.45, 2.75) is 46.7 Å². The summed E-state index contributed by atoms with van der Waals surface area (Å²) >= 11 is 3.34. The van der Waals surface area contributed by atoms with Crippen LogP contribution in [0.2, 0.25) is 0 Å². The average molecular weight is 618 g/mol. The molecule has 0 aliphatic carbocycles. The van der Waals surface area contributed by atoms with Crippen LogP contribution in [0.15, 0.2) is 56.7 Å². The maximum absolute atomic E-state index is 12.7. The molecule has 3 aromatic heterocycles. The maximum atomic E-state index is 12.7. The van der Waals surface area contributed by atoms with Crippen LogP contribution in [0.1, 0.15) is 61.4 Å². The summed E-state index contributed by atoms with van der Waals surface area (Å²) in [6.45, 7) is 9.39.